The molecule has 2 atom stereocenters. The molecule has 2 unspecified atom stereocenters. The van der Waals surface area contributed by atoms with E-state index in [9.17, 15) is 19.1 Å². The number of aliphatic imine (C=N–C) groups is 1. The third-order valence-electron chi connectivity index (χ3n) is 6.92. The molecule has 1 fully saturated rings. The van der Waals surface area contributed by atoms with Gasteiger partial charge in [0.2, 0.25) is 12.3 Å². The molecule has 2 aliphatic heterocycles. The molecule has 0 spiro atoms. The number of aliphatic hydroxyl groups is 1. The standard InChI is InChI=1S/C25H34FN7O4/c1-4-11-31-23(35)22-25(5-2,32(24(31)36)12-10-18-8-7-9-19(26)15-18)28-20(16-21-29-27-17-37-21)33(22)30(6-3)13-14-34/h7-9,15,17,22,34H,4-6,10-14,16H2,1-3H3. The number of urea groups is 1. The van der Waals surface area contributed by atoms with E-state index < -0.39 is 17.7 Å². The van der Waals surface area contributed by atoms with E-state index in [1.165, 1.54) is 23.4 Å². The molecule has 3 heterocycles. The number of nitrogens with zero attached hydrogens (tertiary/aromatic N) is 7. The monoisotopic (exact) mass is 515 g/mol. The Morgan fingerprint density at radius 2 is 2.03 bits per heavy atom. The molecule has 12 heteroatoms. The predicted octanol–water partition coefficient (Wildman–Crippen LogP) is 2.09. The molecule has 3 amide bonds. The van der Waals surface area contributed by atoms with Crippen LogP contribution in [0.3, 0.4) is 0 Å². The number of likely N-dealkylation sites (N-methyl/N-ethyl adjacent to an activating group) is 1. The number of hydrazine groups is 1. The van der Waals surface area contributed by atoms with E-state index in [1.54, 1.807) is 16.0 Å². The van der Waals surface area contributed by atoms with Crippen molar-refractivity contribution in [2.75, 3.05) is 32.8 Å². The minimum atomic E-state index is -1.19. The third-order valence-corrected chi connectivity index (χ3v) is 6.92. The summed E-state index contributed by atoms with van der Waals surface area (Å²) in [5.41, 5.74) is -0.445. The Morgan fingerprint density at radius 1 is 1.22 bits per heavy atom. The quantitative estimate of drug-likeness (QED) is 0.457. The first-order valence-corrected chi connectivity index (χ1v) is 12.8. The van der Waals surface area contributed by atoms with Crippen LogP contribution in [0.4, 0.5) is 9.18 Å². The average molecular weight is 516 g/mol. The van der Waals surface area contributed by atoms with E-state index in [2.05, 4.69) is 10.2 Å². The molecule has 11 nitrogen and oxygen atoms in total. The molecule has 2 aliphatic rings. The summed E-state index contributed by atoms with van der Waals surface area (Å²) < 4.78 is 19.2. The van der Waals surface area contributed by atoms with Crippen LogP contribution in [0.5, 0.6) is 0 Å². The molecule has 0 radical (unpaired) electrons. The fraction of sp³-hybridized carbons (Fsp3) is 0.560. The summed E-state index contributed by atoms with van der Waals surface area (Å²) in [6.45, 7) is 6.90. The Hall–Kier alpha value is -3.38. The van der Waals surface area contributed by atoms with Gasteiger partial charge in [-0.2, -0.15) is 0 Å². The van der Waals surface area contributed by atoms with Crippen LogP contribution in [0, 0.1) is 5.82 Å². The molecule has 1 aromatic heterocycles. The van der Waals surface area contributed by atoms with Gasteiger partial charge in [-0.3, -0.25) is 19.6 Å². The van der Waals surface area contributed by atoms with Crippen molar-refractivity contribution in [3.05, 3.63) is 47.9 Å². The summed E-state index contributed by atoms with van der Waals surface area (Å²) in [6.07, 6.45) is 2.76. The Kier molecular flexibility index (Phi) is 8.18. The largest absolute Gasteiger partial charge is 0.428 e. The smallest absolute Gasteiger partial charge is 0.328 e. The number of hydrogen-bond donors (Lipinski definition) is 1. The normalized spacial score (nSPS) is 21.7. The number of amidine groups is 1. The second kappa shape index (κ2) is 11.3. The molecule has 2 aromatic rings. The molecular formula is C25H34FN7O4. The molecular weight excluding hydrogens is 481 g/mol. The number of hydrogen-bond acceptors (Lipinski definition) is 9. The van der Waals surface area contributed by atoms with E-state index in [-0.39, 0.29) is 44.4 Å². The number of aromatic nitrogens is 2. The van der Waals surface area contributed by atoms with Crippen LogP contribution in [0.1, 0.15) is 45.1 Å². The second-order valence-electron chi connectivity index (χ2n) is 9.09. The van der Waals surface area contributed by atoms with Crippen LogP contribution in [-0.2, 0) is 17.6 Å². The highest BCUT2D eigenvalue weighted by molar-refractivity contribution is 6.05. The number of benzene rings is 1. The first-order chi connectivity index (χ1) is 17.9. The summed E-state index contributed by atoms with van der Waals surface area (Å²) >= 11 is 0. The highest BCUT2D eigenvalue weighted by Crippen LogP contribution is 2.41. The second-order valence-corrected chi connectivity index (χ2v) is 9.09. The maximum absolute atomic E-state index is 14.0. The van der Waals surface area contributed by atoms with Gasteiger partial charge in [0.05, 0.1) is 13.0 Å². The highest BCUT2D eigenvalue weighted by atomic mass is 19.1. The first kappa shape index (κ1) is 26.7. The minimum Gasteiger partial charge on any atom is -0.428 e. The number of halogens is 1. The zero-order chi connectivity index (χ0) is 26.6. The highest BCUT2D eigenvalue weighted by Gasteiger charge is 2.63. The summed E-state index contributed by atoms with van der Waals surface area (Å²) in [6, 6.07) is 5.04. The van der Waals surface area contributed by atoms with Crippen LogP contribution in [0.2, 0.25) is 0 Å². The van der Waals surface area contributed by atoms with Crippen molar-refractivity contribution in [3.63, 3.8) is 0 Å². The van der Waals surface area contributed by atoms with Crippen molar-refractivity contribution < 1.29 is 23.5 Å². The zero-order valence-electron chi connectivity index (χ0n) is 21.5. The summed E-state index contributed by atoms with van der Waals surface area (Å²) in [7, 11) is 0. The number of carbonyl (C=O) groups is 2. The van der Waals surface area contributed by atoms with Crippen molar-refractivity contribution in [1.29, 1.82) is 0 Å². The lowest BCUT2D eigenvalue weighted by molar-refractivity contribution is -0.151. The number of rotatable bonds is 12. The maximum atomic E-state index is 14.0. The molecule has 1 N–H and O–H groups in total. The van der Waals surface area contributed by atoms with Crippen molar-refractivity contribution in [3.8, 4) is 0 Å². The van der Waals surface area contributed by atoms with Gasteiger partial charge < -0.3 is 9.52 Å². The molecule has 1 saturated heterocycles. The summed E-state index contributed by atoms with van der Waals surface area (Å²) in [5, 5.41) is 21.2. The fourth-order valence-corrected chi connectivity index (χ4v) is 5.25. The van der Waals surface area contributed by atoms with Gasteiger partial charge in [-0.15, -0.1) is 10.2 Å². The van der Waals surface area contributed by atoms with Crippen molar-refractivity contribution in [1.82, 2.24) is 30.0 Å². The van der Waals surface area contributed by atoms with E-state index in [0.29, 0.717) is 37.5 Å². The Labute approximate surface area is 215 Å². The van der Waals surface area contributed by atoms with E-state index in [0.717, 1.165) is 5.56 Å². The number of carbonyl (C=O) groups excluding carboxylic acids is 2. The number of imide groups is 1. The van der Waals surface area contributed by atoms with Gasteiger partial charge in [-0.1, -0.05) is 32.9 Å². The van der Waals surface area contributed by atoms with Crippen LogP contribution >= 0.6 is 0 Å². The summed E-state index contributed by atoms with van der Waals surface area (Å²) in [5.74, 6) is 0.144. The number of amides is 3. The molecule has 1 aromatic carbocycles. The molecule has 200 valence electrons. The molecule has 4 rings (SSSR count). The fourth-order valence-electron chi connectivity index (χ4n) is 5.25. The van der Waals surface area contributed by atoms with Crippen molar-refractivity contribution in [2.45, 2.75) is 58.2 Å². The van der Waals surface area contributed by atoms with Gasteiger partial charge in [-0.25, -0.2) is 19.2 Å². The number of fused-ring (bicyclic) bond motifs is 1. The maximum Gasteiger partial charge on any atom is 0.328 e. The Balaban J connectivity index is 1.80. The van der Waals surface area contributed by atoms with E-state index in [1.807, 2.05) is 31.8 Å². The lowest BCUT2D eigenvalue weighted by Crippen LogP contribution is -2.74. The lowest BCUT2D eigenvalue weighted by Gasteiger charge is -2.51. The van der Waals surface area contributed by atoms with Crippen molar-refractivity contribution >= 4 is 17.8 Å². The lowest BCUT2D eigenvalue weighted by atomic mass is 9.91. The SMILES string of the molecule is CCCN1C(=O)C2N(N(CC)CCO)C(Cc3nnco3)=NC2(CC)N(CCc2cccc(F)c2)C1=O. The topological polar surface area (TPSA) is 119 Å². The van der Waals surface area contributed by atoms with Gasteiger partial charge in [0, 0.05) is 26.2 Å². The molecule has 37 heavy (non-hydrogen) atoms. The van der Waals surface area contributed by atoms with Gasteiger partial charge in [0.25, 0.3) is 5.91 Å². The zero-order valence-corrected chi connectivity index (χ0v) is 21.5. The van der Waals surface area contributed by atoms with Crippen LogP contribution in [-0.4, -0.2) is 97.4 Å². The molecule has 0 aliphatic carbocycles. The Bertz CT molecular complexity index is 1130. The first-order valence-electron chi connectivity index (χ1n) is 12.8. The van der Waals surface area contributed by atoms with E-state index in [4.69, 9.17) is 9.41 Å². The van der Waals surface area contributed by atoms with Crippen LogP contribution in [0.25, 0.3) is 0 Å². The van der Waals surface area contributed by atoms with Crippen LogP contribution in [0.15, 0.2) is 40.1 Å². The average Bonchev–Trinajstić information content (AvgIpc) is 3.52. The van der Waals surface area contributed by atoms with Gasteiger partial charge in [-0.05, 0) is 37.0 Å². The van der Waals surface area contributed by atoms with Crippen molar-refractivity contribution in [2.24, 2.45) is 4.99 Å². The molecule has 0 saturated carbocycles. The van der Waals surface area contributed by atoms with Crippen LogP contribution < -0.4 is 0 Å². The third kappa shape index (κ3) is 4.95. The minimum absolute atomic E-state index is 0.126. The van der Waals surface area contributed by atoms with Gasteiger partial charge in [0.1, 0.15) is 11.7 Å². The van der Waals surface area contributed by atoms with E-state index >= 15 is 0 Å². The number of aliphatic hydroxyl groups excluding tert-OH is 1. The summed E-state index contributed by atoms with van der Waals surface area (Å²) in [4.78, 5) is 35.8. The van der Waals surface area contributed by atoms with Gasteiger partial charge in [0.15, 0.2) is 11.7 Å². The Morgan fingerprint density at radius 3 is 2.65 bits per heavy atom. The predicted molar refractivity (Wildman–Crippen MR) is 133 cm³/mol. The molecule has 0 bridgehead atoms. The van der Waals surface area contributed by atoms with Gasteiger partial charge >= 0.3 is 6.03 Å².